The highest BCUT2D eigenvalue weighted by molar-refractivity contribution is 6.77. The van der Waals surface area contributed by atoms with E-state index in [0.29, 0.717) is 0 Å². The van der Waals surface area contributed by atoms with Gasteiger partial charge in [-0.2, -0.15) is 0 Å². The molecule has 0 aliphatic carbocycles. The van der Waals surface area contributed by atoms with Crippen molar-refractivity contribution in [3.63, 3.8) is 0 Å². The lowest BCUT2D eigenvalue weighted by Gasteiger charge is -2.24. The molecule has 0 aromatic carbocycles. The molecular formula is C16H36Si. The van der Waals surface area contributed by atoms with E-state index in [4.69, 9.17) is 0 Å². The molecule has 0 aromatic rings. The Balaban J connectivity index is 3.32. The van der Waals surface area contributed by atoms with Gasteiger partial charge in [-0.15, -0.1) is 0 Å². The van der Waals surface area contributed by atoms with E-state index >= 15 is 0 Å². The van der Waals surface area contributed by atoms with Crippen LogP contribution in [0.15, 0.2) is 0 Å². The summed E-state index contributed by atoms with van der Waals surface area (Å²) in [5, 5.41) is 0. The van der Waals surface area contributed by atoms with Crippen molar-refractivity contribution in [2.45, 2.75) is 97.3 Å². The Bertz CT molecular complexity index is 161. The van der Waals surface area contributed by atoms with Gasteiger partial charge in [-0.3, -0.25) is 0 Å². The first-order valence-corrected chi connectivity index (χ1v) is 11.4. The van der Waals surface area contributed by atoms with Crippen LogP contribution in [-0.4, -0.2) is 8.07 Å². The Labute approximate surface area is 112 Å². The molecule has 1 heteroatoms. The maximum absolute atomic E-state index is 2.58. The summed E-state index contributed by atoms with van der Waals surface area (Å²) in [6.45, 7) is 12.2. The zero-order valence-electron chi connectivity index (χ0n) is 13.1. The number of hydrogen-bond acceptors (Lipinski definition) is 0. The monoisotopic (exact) mass is 256 g/mol. The van der Waals surface area contributed by atoms with E-state index < -0.39 is 8.07 Å². The Kier molecular flexibility index (Phi) is 10.3. The fourth-order valence-electron chi connectivity index (χ4n) is 2.94. The van der Waals surface area contributed by atoms with Crippen molar-refractivity contribution in [1.82, 2.24) is 0 Å². The van der Waals surface area contributed by atoms with Crippen LogP contribution in [0.4, 0.5) is 0 Å². The Morgan fingerprint density at radius 3 is 1.71 bits per heavy atom. The summed E-state index contributed by atoms with van der Waals surface area (Å²) in [7, 11) is -0.848. The maximum Gasteiger partial charge on any atom is 0.0476 e. The minimum absolute atomic E-state index is 0.848. The van der Waals surface area contributed by atoms with Crippen molar-refractivity contribution in [3.05, 3.63) is 0 Å². The van der Waals surface area contributed by atoms with Gasteiger partial charge in [0, 0.05) is 8.07 Å². The normalized spacial score (nSPS) is 12.4. The zero-order valence-corrected chi connectivity index (χ0v) is 14.1. The third-order valence-electron chi connectivity index (χ3n) is 3.67. The standard InChI is InChI=1S/C16H36Si/c1-6-7-8-9-10-11-12-13-14-17(4,5)15-16(2)3/h16H,6-15H2,1-5H3. The van der Waals surface area contributed by atoms with E-state index in [9.17, 15) is 0 Å². The SMILES string of the molecule is CCCCCCCCCC[Si](C)(C)CC(C)C. The summed E-state index contributed by atoms with van der Waals surface area (Å²) in [4.78, 5) is 0. The average molecular weight is 257 g/mol. The third-order valence-corrected chi connectivity index (χ3v) is 7.30. The fourth-order valence-corrected chi connectivity index (χ4v) is 6.57. The fraction of sp³-hybridized carbons (Fsp3) is 1.00. The molecule has 0 unspecified atom stereocenters. The molecular weight excluding hydrogens is 220 g/mol. The molecule has 0 nitrogen and oxygen atoms in total. The molecule has 0 heterocycles. The molecule has 0 rings (SSSR count). The van der Waals surface area contributed by atoms with Crippen LogP contribution in [0.1, 0.15) is 72.1 Å². The molecule has 17 heavy (non-hydrogen) atoms. The predicted molar refractivity (Wildman–Crippen MR) is 84.5 cm³/mol. The molecule has 0 amide bonds. The molecule has 0 aliphatic rings. The summed E-state index contributed by atoms with van der Waals surface area (Å²) < 4.78 is 0. The quantitative estimate of drug-likeness (QED) is 0.293. The zero-order chi connectivity index (χ0) is 13.1. The molecule has 0 aliphatic heterocycles. The lowest BCUT2D eigenvalue weighted by molar-refractivity contribution is 0.583. The smallest absolute Gasteiger partial charge is 0.0476 e. The van der Waals surface area contributed by atoms with Gasteiger partial charge in [0.2, 0.25) is 0 Å². The molecule has 0 saturated carbocycles. The summed E-state index contributed by atoms with van der Waals surface area (Å²) >= 11 is 0. The Hall–Kier alpha value is 0.217. The lowest BCUT2D eigenvalue weighted by Crippen LogP contribution is -2.26. The second-order valence-corrected chi connectivity index (χ2v) is 12.2. The van der Waals surface area contributed by atoms with Crippen LogP contribution < -0.4 is 0 Å². The van der Waals surface area contributed by atoms with Crippen molar-refractivity contribution in [2.75, 3.05) is 0 Å². The first-order valence-electron chi connectivity index (χ1n) is 7.98. The first kappa shape index (κ1) is 17.2. The van der Waals surface area contributed by atoms with E-state index in [1.54, 1.807) is 6.04 Å². The maximum atomic E-state index is 2.58. The van der Waals surface area contributed by atoms with E-state index in [2.05, 4.69) is 33.9 Å². The topological polar surface area (TPSA) is 0 Å². The van der Waals surface area contributed by atoms with Gasteiger partial charge < -0.3 is 0 Å². The van der Waals surface area contributed by atoms with E-state index in [1.165, 1.54) is 57.4 Å². The van der Waals surface area contributed by atoms with Crippen LogP contribution in [0.25, 0.3) is 0 Å². The van der Waals surface area contributed by atoms with Crippen molar-refractivity contribution in [3.8, 4) is 0 Å². The summed E-state index contributed by atoms with van der Waals surface area (Å²) in [5.41, 5.74) is 0. The van der Waals surface area contributed by atoms with Gasteiger partial charge in [0.05, 0.1) is 0 Å². The first-order chi connectivity index (χ1) is 7.98. The second-order valence-electron chi connectivity index (χ2n) is 6.99. The van der Waals surface area contributed by atoms with Crippen LogP contribution in [0.2, 0.25) is 25.2 Å². The second kappa shape index (κ2) is 10.2. The summed E-state index contributed by atoms with van der Waals surface area (Å²) in [5.74, 6) is 0.908. The summed E-state index contributed by atoms with van der Waals surface area (Å²) in [6.07, 6.45) is 11.7. The van der Waals surface area contributed by atoms with Crippen LogP contribution >= 0.6 is 0 Å². The number of rotatable bonds is 11. The predicted octanol–water partition coefficient (Wildman–Crippen LogP) is 6.49. The van der Waals surface area contributed by atoms with E-state index in [1.807, 2.05) is 0 Å². The largest absolute Gasteiger partial charge is 0.0693 e. The highest BCUT2D eigenvalue weighted by Gasteiger charge is 2.20. The van der Waals surface area contributed by atoms with Gasteiger partial charge >= 0.3 is 0 Å². The third kappa shape index (κ3) is 12.5. The molecule has 0 N–H and O–H groups in total. The van der Waals surface area contributed by atoms with Crippen LogP contribution in [0, 0.1) is 5.92 Å². The van der Waals surface area contributed by atoms with Crippen molar-refractivity contribution in [1.29, 1.82) is 0 Å². The van der Waals surface area contributed by atoms with E-state index in [0.717, 1.165) is 5.92 Å². The average Bonchev–Trinajstić information content (AvgIpc) is 2.20. The molecule has 0 fully saturated rings. The molecule has 0 aromatic heterocycles. The molecule has 0 radical (unpaired) electrons. The van der Waals surface area contributed by atoms with Crippen molar-refractivity contribution < 1.29 is 0 Å². The molecule has 0 spiro atoms. The van der Waals surface area contributed by atoms with Crippen molar-refractivity contribution in [2.24, 2.45) is 5.92 Å². The minimum atomic E-state index is -0.848. The van der Waals surface area contributed by atoms with Gasteiger partial charge in [0.15, 0.2) is 0 Å². The molecule has 0 atom stereocenters. The Morgan fingerprint density at radius 1 is 0.765 bits per heavy atom. The number of unbranched alkanes of at least 4 members (excludes halogenated alkanes) is 7. The molecule has 0 bridgehead atoms. The minimum Gasteiger partial charge on any atom is -0.0693 e. The van der Waals surface area contributed by atoms with Crippen LogP contribution in [0.5, 0.6) is 0 Å². The van der Waals surface area contributed by atoms with Gasteiger partial charge in [0.1, 0.15) is 0 Å². The molecule has 0 saturated heterocycles. The van der Waals surface area contributed by atoms with Crippen molar-refractivity contribution >= 4 is 8.07 Å². The highest BCUT2D eigenvalue weighted by atomic mass is 28.3. The van der Waals surface area contributed by atoms with Gasteiger partial charge in [-0.1, -0.05) is 97.3 Å². The highest BCUT2D eigenvalue weighted by Crippen LogP contribution is 2.23. The van der Waals surface area contributed by atoms with Gasteiger partial charge in [-0.25, -0.2) is 0 Å². The van der Waals surface area contributed by atoms with Crippen LogP contribution in [0.3, 0.4) is 0 Å². The lowest BCUT2D eigenvalue weighted by atomic mass is 10.1. The summed E-state index contributed by atoms with van der Waals surface area (Å²) in [6, 6.07) is 3.07. The number of hydrogen-bond donors (Lipinski definition) is 0. The van der Waals surface area contributed by atoms with Gasteiger partial charge in [-0.05, 0) is 5.92 Å². The van der Waals surface area contributed by atoms with Gasteiger partial charge in [0.25, 0.3) is 0 Å². The van der Waals surface area contributed by atoms with E-state index in [-0.39, 0.29) is 0 Å². The molecule has 104 valence electrons. The Morgan fingerprint density at radius 2 is 1.24 bits per heavy atom. The van der Waals surface area contributed by atoms with Crippen LogP contribution in [-0.2, 0) is 0 Å².